The zero-order valence-electron chi connectivity index (χ0n) is 19.7. The molecular weight excluding hydrogens is 418 g/mol. The number of rotatable bonds is 7. The number of aromatic amines is 1. The molecule has 5 aromatic rings. The number of nitrogens with one attached hydrogen (secondary N) is 1. The van der Waals surface area contributed by atoms with Gasteiger partial charge in [0.25, 0.3) is 0 Å². The lowest BCUT2D eigenvalue weighted by molar-refractivity contribution is -0.130. The van der Waals surface area contributed by atoms with E-state index < -0.39 is 0 Å². The van der Waals surface area contributed by atoms with Crippen molar-refractivity contribution in [3.8, 4) is 11.4 Å². The summed E-state index contributed by atoms with van der Waals surface area (Å²) in [6.07, 6.45) is 2.13. The third-order valence-electron chi connectivity index (χ3n) is 6.42. The van der Waals surface area contributed by atoms with Crippen molar-refractivity contribution >= 4 is 27.7 Å². The lowest BCUT2D eigenvalue weighted by Gasteiger charge is -2.17. The van der Waals surface area contributed by atoms with E-state index in [1.54, 1.807) is 0 Å². The summed E-state index contributed by atoms with van der Waals surface area (Å²) in [5.41, 5.74) is 7.70. The first-order valence-electron chi connectivity index (χ1n) is 11.8. The van der Waals surface area contributed by atoms with E-state index in [9.17, 15) is 4.79 Å². The molecule has 4 heteroatoms. The van der Waals surface area contributed by atoms with Crippen LogP contribution >= 0.6 is 0 Å². The first-order valence-corrected chi connectivity index (χ1v) is 11.8. The molecule has 0 aliphatic rings. The van der Waals surface area contributed by atoms with Crippen LogP contribution in [0.1, 0.15) is 29.5 Å². The second kappa shape index (κ2) is 9.52. The zero-order valence-corrected chi connectivity index (χ0v) is 19.7. The first kappa shape index (κ1) is 21.9. The fraction of sp³-hybridized carbons (Fsp3) is 0.200. The molecule has 1 amide bonds. The zero-order chi connectivity index (χ0) is 23.5. The molecular formula is C30H29N3O. The molecule has 0 unspecified atom stereocenters. The number of para-hydroxylation sites is 1. The van der Waals surface area contributed by atoms with Crippen LogP contribution in [0.15, 0.2) is 84.9 Å². The number of aromatic nitrogens is 2. The number of fused-ring (bicyclic) bond motifs is 2. The van der Waals surface area contributed by atoms with Crippen LogP contribution in [0.4, 0.5) is 0 Å². The Morgan fingerprint density at radius 3 is 2.59 bits per heavy atom. The topological polar surface area (TPSA) is 49.0 Å². The summed E-state index contributed by atoms with van der Waals surface area (Å²) in [7, 11) is 1.88. The van der Waals surface area contributed by atoms with Crippen LogP contribution in [-0.4, -0.2) is 27.8 Å². The third-order valence-corrected chi connectivity index (χ3v) is 6.42. The molecule has 170 valence electrons. The van der Waals surface area contributed by atoms with Gasteiger partial charge < -0.3 is 9.88 Å². The Balaban J connectivity index is 1.38. The Morgan fingerprint density at radius 2 is 1.74 bits per heavy atom. The maximum atomic E-state index is 12.8. The Kier molecular flexibility index (Phi) is 6.13. The van der Waals surface area contributed by atoms with Crippen LogP contribution in [0, 0.1) is 6.92 Å². The van der Waals surface area contributed by atoms with Gasteiger partial charge in [-0.3, -0.25) is 4.79 Å². The molecule has 0 spiro atoms. The molecule has 3 aromatic carbocycles. The van der Waals surface area contributed by atoms with Crippen molar-refractivity contribution in [1.29, 1.82) is 0 Å². The number of carbonyl (C=O) groups excluding carboxylic acids is 1. The minimum absolute atomic E-state index is 0.172. The Bertz CT molecular complexity index is 1450. The van der Waals surface area contributed by atoms with Crippen LogP contribution < -0.4 is 0 Å². The van der Waals surface area contributed by atoms with Crippen LogP contribution in [-0.2, 0) is 17.8 Å². The number of pyridine rings is 1. The summed E-state index contributed by atoms with van der Waals surface area (Å²) in [4.78, 5) is 23.2. The average molecular weight is 448 g/mol. The normalized spacial score (nSPS) is 11.2. The van der Waals surface area contributed by atoms with E-state index in [-0.39, 0.29) is 5.91 Å². The molecule has 0 atom stereocenters. The van der Waals surface area contributed by atoms with Crippen LogP contribution in [0.5, 0.6) is 0 Å². The Morgan fingerprint density at radius 1 is 0.941 bits per heavy atom. The molecule has 0 radical (unpaired) electrons. The predicted molar refractivity (Wildman–Crippen MR) is 140 cm³/mol. The van der Waals surface area contributed by atoms with Crippen LogP contribution in [0.2, 0.25) is 0 Å². The van der Waals surface area contributed by atoms with Crippen molar-refractivity contribution in [2.45, 2.75) is 32.7 Å². The smallest absolute Gasteiger partial charge is 0.222 e. The summed E-state index contributed by atoms with van der Waals surface area (Å²) >= 11 is 0. The summed E-state index contributed by atoms with van der Waals surface area (Å²) in [5, 5.41) is 2.35. The molecule has 34 heavy (non-hydrogen) atoms. The largest absolute Gasteiger partial charge is 0.353 e. The molecule has 0 aliphatic heterocycles. The molecule has 0 saturated heterocycles. The van der Waals surface area contributed by atoms with Crippen molar-refractivity contribution in [2.24, 2.45) is 0 Å². The minimum Gasteiger partial charge on any atom is -0.353 e. The molecule has 2 aromatic heterocycles. The number of amides is 1. The number of hydrogen-bond donors (Lipinski definition) is 1. The highest BCUT2D eigenvalue weighted by Gasteiger charge is 2.16. The first-order chi connectivity index (χ1) is 16.6. The molecule has 0 saturated carbocycles. The van der Waals surface area contributed by atoms with E-state index in [0.717, 1.165) is 46.2 Å². The van der Waals surface area contributed by atoms with E-state index in [0.29, 0.717) is 13.0 Å². The fourth-order valence-electron chi connectivity index (χ4n) is 4.60. The SMILES string of the molecule is Cc1ccc2[nH]c(-c3ccc4ccccc4n3)c(CCCC(=O)N(C)Cc3ccccc3)c2c1. The van der Waals surface area contributed by atoms with Crippen molar-refractivity contribution in [3.05, 3.63) is 102 Å². The lowest BCUT2D eigenvalue weighted by Crippen LogP contribution is -2.25. The highest BCUT2D eigenvalue weighted by atomic mass is 16.2. The van der Waals surface area contributed by atoms with Gasteiger partial charge >= 0.3 is 0 Å². The van der Waals surface area contributed by atoms with E-state index in [1.165, 1.54) is 16.5 Å². The van der Waals surface area contributed by atoms with Gasteiger partial charge in [-0.2, -0.15) is 0 Å². The lowest BCUT2D eigenvalue weighted by atomic mass is 10.0. The monoisotopic (exact) mass is 447 g/mol. The standard InChI is InChI=1S/C30H29N3O/c1-21-15-17-27-25(19-21)24(12-8-14-29(34)33(2)20-22-9-4-3-5-10-22)30(32-27)28-18-16-23-11-6-7-13-26(23)31-28/h3-7,9-11,13,15-19,32H,8,12,14,20H2,1-2H3. The Hall–Kier alpha value is -3.92. The quantitative estimate of drug-likeness (QED) is 0.303. The van der Waals surface area contributed by atoms with E-state index in [1.807, 2.05) is 48.3 Å². The van der Waals surface area contributed by atoms with Gasteiger partial charge in [0.1, 0.15) is 0 Å². The molecule has 1 N–H and O–H groups in total. The highest BCUT2D eigenvalue weighted by Crippen LogP contribution is 2.32. The highest BCUT2D eigenvalue weighted by molar-refractivity contribution is 5.92. The van der Waals surface area contributed by atoms with Crippen molar-refractivity contribution < 1.29 is 4.79 Å². The molecule has 0 bridgehead atoms. The van der Waals surface area contributed by atoms with E-state index in [4.69, 9.17) is 4.98 Å². The number of aryl methyl sites for hydroxylation is 2. The van der Waals surface area contributed by atoms with Gasteiger partial charge in [-0.25, -0.2) is 4.98 Å². The minimum atomic E-state index is 0.172. The van der Waals surface area contributed by atoms with Gasteiger partial charge in [-0.1, -0.05) is 66.2 Å². The summed E-state index contributed by atoms with van der Waals surface area (Å²) in [5.74, 6) is 0.172. The van der Waals surface area contributed by atoms with Gasteiger partial charge in [0.15, 0.2) is 0 Å². The number of carbonyl (C=O) groups is 1. The van der Waals surface area contributed by atoms with Crippen LogP contribution in [0.25, 0.3) is 33.2 Å². The summed E-state index contributed by atoms with van der Waals surface area (Å²) < 4.78 is 0. The van der Waals surface area contributed by atoms with Crippen LogP contribution in [0.3, 0.4) is 0 Å². The maximum absolute atomic E-state index is 12.8. The molecule has 5 rings (SSSR count). The Labute approximate surface area is 200 Å². The van der Waals surface area contributed by atoms with Gasteiger partial charge in [-0.15, -0.1) is 0 Å². The van der Waals surface area contributed by atoms with Gasteiger partial charge in [0.2, 0.25) is 5.91 Å². The number of hydrogen-bond acceptors (Lipinski definition) is 2. The number of nitrogens with zero attached hydrogens (tertiary/aromatic N) is 2. The molecule has 4 nitrogen and oxygen atoms in total. The third kappa shape index (κ3) is 4.58. The summed E-state index contributed by atoms with van der Waals surface area (Å²) in [6, 6.07) is 29.0. The second-order valence-corrected chi connectivity index (χ2v) is 9.01. The fourth-order valence-corrected chi connectivity index (χ4v) is 4.60. The molecule has 0 aliphatic carbocycles. The molecule has 0 fully saturated rings. The van der Waals surface area contributed by atoms with Crippen molar-refractivity contribution in [2.75, 3.05) is 7.05 Å². The predicted octanol–water partition coefficient (Wildman–Crippen LogP) is 6.67. The van der Waals surface area contributed by atoms with E-state index in [2.05, 4.69) is 60.4 Å². The van der Waals surface area contributed by atoms with Crippen molar-refractivity contribution in [1.82, 2.24) is 14.9 Å². The number of H-pyrrole nitrogens is 1. The van der Waals surface area contributed by atoms with Gasteiger partial charge in [0.05, 0.1) is 16.9 Å². The number of benzene rings is 3. The summed E-state index contributed by atoms with van der Waals surface area (Å²) in [6.45, 7) is 2.75. The second-order valence-electron chi connectivity index (χ2n) is 9.01. The average Bonchev–Trinajstić information content (AvgIpc) is 3.22. The maximum Gasteiger partial charge on any atom is 0.222 e. The van der Waals surface area contributed by atoms with Crippen molar-refractivity contribution in [3.63, 3.8) is 0 Å². The van der Waals surface area contributed by atoms with E-state index >= 15 is 0 Å². The molecule has 2 heterocycles. The van der Waals surface area contributed by atoms with Gasteiger partial charge in [0, 0.05) is 36.3 Å². The van der Waals surface area contributed by atoms with Gasteiger partial charge in [-0.05, 0) is 55.2 Å².